The maximum absolute atomic E-state index is 10.8. The molecule has 0 aliphatic carbocycles. The van der Waals surface area contributed by atoms with E-state index in [9.17, 15) is 9.59 Å². The highest BCUT2D eigenvalue weighted by molar-refractivity contribution is 6.36. The van der Waals surface area contributed by atoms with Crippen LogP contribution in [0.2, 0.25) is 0 Å². The van der Waals surface area contributed by atoms with Gasteiger partial charge in [0.2, 0.25) is 0 Å². The highest BCUT2D eigenvalue weighted by atomic mass is 16.5. The van der Waals surface area contributed by atoms with E-state index in [1.165, 1.54) is 0 Å². The molecular formula is C11H13NO5. The Balaban J connectivity index is 2.50. The zero-order valence-electron chi connectivity index (χ0n) is 9.30. The first-order valence-electron chi connectivity index (χ1n) is 4.89. The first-order valence-corrected chi connectivity index (χ1v) is 4.89. The summed E-state index contributed by atoms with van der Waals surface area (Å²) in [5.41, 5.74) is 0.400. The number of methoxy groups -OCH3 is 1. The lowest BCUT2D eigenvalue weighted by Gasteiger charge is -2.06. The van der Waals surface area contributed by atoms with Gasteiger partial charge >= 0.3 is 11.9 Å². The van der Waals surface area contributed by atoms with Gasteiger partial charge in [-0.15, -0.1) is 0 Å². The summed E-state index contributed by atoms with van der Waals surface area (Å²) in [4.78, 5) is 21.1. The van der Waals surface area contributed by atoms with Crippen LogP contribution >= 0.6 is 0 Å². The van der Waals surface area contributed by atoms with E-state index in [0.717, 1.165) is 0 Å². The molecule has 1 aromatic carbocycles. The molecule has 6 heteroatoms. The average molecular weight is 239 g/mol. The smallest absolute Gasteiger partial charge is 0.394 e. The molecule has 0 saturated heterocycles. The SMILES string of the molecule is COCCOc1ccc(NC(=O)C(=O)O)cc1. The molecule has 0 aliphatic heterocycles. The number of hydrogen-bond donors (Lipinski definition) is 2. The second-order valence-electron chi connectivity index (χ2n) is 3.12. The zero-order valence-corrected chi connectivity index (χ0v) is 9.30. The van der Waals surface area contributed by atoms with E-state index in [4.69, 9.17) is 14.6 Å². The first-order chi connectivity index (χ1) is 8.13. The summed E-state index contributed by atoms with van der Waals surface area (Å²) in [6.45, 7) is 0.912. The first kappa shape index (κ1) is 13.0. The van der Waals surface area contributed by atoms with Gasteiger partial charge in [0.25, 0.3) is 0 Å². The normalized spacial score (nSPS) is 9.71. The van der Waals surface area contributed by atoms with Gasteiger partial charge in [0.1, 0.15) is 12.4 Å². The van der Waals surface area contributed by atoms with E-state index in [-0.39, 0.29) is 0 Å². The Bertz CT molecular complexity index is 387. The Hall–Kier alpha value is -2.08. The van der Waals surface area contributed by atoms with Crippen LogP contribution in [0.5, 0.6) is 5.75 Å². The quantitative estimate of drug-likeness (QED) is 0.584. The van der Waals surface area contributed by atoms with Gasteiger partial charge in [-0.3, -0.25) is 4.79 Å². The summed E-state index contributed by atoms with van der Waals surface area (Å²) in [6, 6.07) is 6.38. The minimum absolute atomic E-state index is 0.400. The van der Waals surface area contributed by atoms with Crippen LogP contribution in [-0.2, 0) is 14.3 Å². The molecule has 0 heterocycles. The molecule has 0 aromatic heterocycles. The number of benzene rings is 1. The third-order valence-electron chi connectivity index (χ3n) is 1.86. The Morgan fingerprint density at radius 2 is 1.88 bits per heavy atom. The fourth-order valence-electron chi connectivity index (χ4n) is 1.06. The van der Waals surface area contributed by atoms with Crippen molar-refractivity contribution in [1.82, 2.24) is 0 Å². The predicted molar refractivity (Wildman–Crippen MR) is 60.1 cm³/mol. The van der Waals surface area contributed by atoms with Gasteiger partial charge in [0.05, 0.1) is 6.61 Å². The summed E-state index contributed by atoms with van der Waals surface area (Å²) in [5, 5.41) is 10.6. The minimum atomic E-state index is -1.52. The third kappa shape index (κ3) is 4.52. The van der Waals surface area contributed by atoms with E-state index >= 15 is 0 Å². The average Bonchev–Trinajstić information content (AvgIpc) is 2.31. The summed E-state index contributed by atoms with van der Waals surface area (Å²) in [7, 11) is 1.58. The van der Waals surface area contributed by atoms with Gasteiger partial charge in [0, 0.05) is 12.8 Å². The molecular weight excluding hydrogens is 226 g/mol. The fraction of sp³-hybridized carbons (Fsp3) is 0.273. The maximum Gasteiger partial charge on any atom is 0.394 e. The van der Waals surface area contributed by atoms with E-state index < -0.39 is 11.9 Å². The van der Waals surface area contributed by atoms with E-state index in [2.05, 4.69) is 5.32 Å². The lowest BCUT2D eigenvalue weighted by molar-refractivity contribution is -0.147. The van der Waals surface area contributed by atoms with Gasteiger partial charge < -0.3 is 19.9 Å². The third-order valence-corrected chi connectivity index (χ3v) is 1.86. The number of ether oxygens (including phenoxy) is 2. The number of carbonyl (C=O) groups excluding carboxylic acids is 1. The topological polar surface area (TPSA) is 84.9 Å². The van der Waals surface area contributed by atoms with E-state index in [1.54, 1.807) is 31.4 Å². The summed E-state index contributed by atoms with van der Waals surface area (Å²) in [6.07, 6.45) is 0. The van der Waals surface area contributed by atoms with Crippen molar-refractivity contribution in [3.05, 3.63) is 24.3 Å². The van der Waals surface area contributed by atoms with E-state index in [0.29, 0.717) is 24.7 Å². The van der Waals surface area contributed by atoms with Crippen LogP contribution in [0.4, 0.5) is 5.69 Å². The molecule has 2 N–H and O–H groups in total. The molecule has 0 atom stereocenters. The Morgan fingerprint density at radius 1 is 1.24 bits per heavy atom. The zero-order chi connectivity index (χ0) is 12.7. The predicted octanol–water partition coefficient (Wildman–Crippen LogP) is 0.735. The van der Waals surface area contributed by atoms with Crippen LogP contribution in [0.3, 0.4) is 0 Å². The van der Waals surface area contributed by atoms with Crippen molar-refractivity contribution in [1.29, 1.82) is 0 Å². The Kier molecular flexibility index (Phi) is 4.96. The lowest BCUT2D eigenvalue weighted by Crippen LogP contribution is -2.21. The van der Waals surface area contributed by atoms with Gasteiger partial charge in [-0.1, -0.05) is 0 Å². The molecule has 0 saturated carbocycles. The largest absolute Gasteiger partial charge is 0.491 e. The molecule has 1 aromatic rings. The molecule has 1 amide bonds. The van der Waals surface area contributed by atoms with Crippen LogP contribution < -0.4 is 10.1 Å². The highest BCUT2D eigenvalue weighted by Gasteiger charge is 2.10. The standard InChI is InChI=1S/C11H13NO5/c1-16-6-7-17-9-4-2-8(3-5-9)12-10(13)11(14)15/h2-5H,6-7H2,1H3,(H,12,13)(H,14,15). The van der Waals surface area contributed by atoms with Crippen LogP contribution in [0.25, 0.3) is 0 Å². The number of nitrogens with one attached hydrogen (secondary N) is 1. The highest BCUT2D eigenvalue weighted by Crippen LogP contribution is 2.15. The molecule has 0 bridgehead atoms. The molecule has 17 heavy (non-hydrogen) atoms. The second kappa shape index (κ2) is 6.49. The van der Waals surface area contributed by atoms with Crippen LogP contribution in [-0.4, -0.2) is 37.3 Å². The number of aliphatic carboxylic acids is 1. The number of rotatable bonds is 5. The van der Waals surface area contributed by atoms with Crippen LogP contribution in [0, 0.1) is 0 Å². The molecule has 0 aliphatic rings. The number of anilines is 1. The van der Waals surface area contributed by atoms with Gasteiger partial charge in [-0.05, 0) is 24.3 Å². The molecule has 6 nitrogen and oxygen atoms in total. The van der Waals surface area contributed by atoms with Crippen molar-refractivity contribution in [3.8, 4) is 5.75 Å². The monoisotopic (exact) mass is 239 g/mol. The lowest BCUT2D eigenvalue weighted by atomic mass is 10.3. The molecule has 0 spiro atoms. The van der Waals surface area contributed by atoms with E-state index in [1.807, 2.05) is 0 Å². The fourth-order valence-corrected chi connectivity index (χ4v) is 1.06. The van der Waals surface area contributed by atoms with Gasteiger partial charge in [0.15, 0.2) is 0 Å². The second-order valence-corrected chi connectivity index (χ2v) is 3.12. The van der Waals surface area contributed by atoms with Crippen LogP contribution in [0.1, 0.15) is 0 Å². The molecule has 92 valence electrons. The maximum atomic E-state index is 10.8. The van der Waals surface area contributed by atoms with Crippen molar-refractivity contribution in [2.45, 2.75) is 0 Å². The molecule has 0 fully saturated rings. The minimum Gasteiger partial charge on any atom is -0.491 e. The Morgan fingerprint density at radius 3 is 2.41 bits per heavy atom. The van der Waals surface area contributed by atoms with Crippen molar-refractivity contribution < 1.29 is 24.2 Å². The number of carboxylic acid groups (broad SMARTS) is 1. The summed E-state index contributed by atoms with van der Waals surface area (Å²) < 4.78 is 10.1. The number of carboxylic acids is 1. The van der Waals surface area contributed by atoms with Crippen molar-refractivity contribution in [2.75, 3.05) is 25.6 Å². The van der Waals surface area contributed by atoms with Crippen molar-refractivity contribution >= 4 is 17.6 Å². The van der Waals surface area contributed by atoms with Gasteiger partial charge in [-0.2, -0.15) is 0 Å². The van der Waals surface area contributed by atoms with Crippen molar-refractivity contribution in [3.63, 3.8) is 0 Å². The number of carbonyl (C=O) groups is 2. The number of hydrogen-bond acceptors (Lipinski definition) is 4. The number of amides is 1. The summed E-state index contributed by atoms with van der Waals surface area (Å²) in [5.74, 6) is -1.97. The molecule has 0 unspecified atom stereocenters. The molecule has 0 radical (unpaired) electrons. The van der Waals surface area contributed by atoms with Gasteiger partial charge in [-0.25, -0.2) is 4.79 Å². The van der Waals surface area contributed by atoms with Crippen molar-refractivity contribution in [2.24, 2.45) is 0 Å². The Labute approximate surface area is 98.2 Å². The summed E-state index contributed by atoms with van der Waals surface area (Å²) >= 11 is 0. The van der Waals surface area contributed by atoms with Crippen LogP contribution in [0.15, 0.2) is 24.3 Å². The molecule has 1 rings (SSSR count).